The van der Waals surface area contributed by atoms with Gasteiger partial charge in [0.1, 0.15) is 11.8 Å². The van der Waals surface area contributed by atoms with Crippen molar-refractivity contribution in [1.29, 1.82) is 0 Å². The molecule has 7 heteroatoms. The van der Waals surface area contributed by atoms with E-state index in [1.165, 1.54) is 0 Å². The van der Waals surface area contributed by atoms with Crippen molar-refractivity contribution >= 4 is 34.5 Å². The van der Waals surface area contributed by atoms with Gasteiger partial charge in [-0.05, 0) is 35.4 Å². The number of nitrogens with one attached hydrogen (secondary N) is 1. The van der Waals surface area contributed by atoms with Gasteiger partial charge in [0.15, 0.2) is 0 Å². The summed E-state index contributed by atoms with van der Waals surface area (Å²) in [6, 6.07) is 11.1. The first kappa shape index (κ1) is 19.1. The van der Waals surface area contributed by atoms with Crippen LogP contribution in [0, 0.1) is 0 Å². The molecule has 0 amide bonds. The molecule has 1 aliphatic rings. The zero-order valence-corrected chi connectivity index (χ0v) is 14.9. The van der Waals surface area contributed by atoms with E-state index in [0.717, 1.165) is 28.0 Å². The first-order chi connectivity index (χ1) is 11.9. The van der Waals surface area contributed by atoms with Crippen LogP contribution in [0.3, 0.4) is 0 Å². The predicted octanol–water partition coefficient (Wildman–Crippen LogP) is 2.77. The van der Waals surface area contributed by atoms with Crippen LogP contribution in [0.25, 0.3) is 10.8 Å². The standard InChI is InChI=1S/C14H14O3.C4H7NO2S/c1-9(14(15)16)10-3-4-12-8-13(17-2)6-5-11(12)7-10;6-4(7)3-1-8-2-5-3/h3-9H,1-2H3,(H,15,16);3,5H,1-2H2,(H,6,7). The van der Waals surface area contributed by atoms with Crippen LogP contribution in [0.2, 0.25) is 0 Å². The van der Waals surface area contributed by atoms with E-state index in [0.29, 0.717) is 5.75 Å². The van der Waals surface area contributed by atoms with Gasteiger partial charge < -0.3 is 14.9 Å². The fraction of sp³-hybridized carbons (Fsp3) is 0.333. The van der Waals surface area contributed by atoms with E-state index < -0.39 is 17.9 Å². The number of carboxylic acids is 2. The molecule has 3 N–H and O–H groups in total. The van der Waals surface area contributed by atoms with Gasteiger partial charge in [0.25, 0.3) is 0 Å². The second-order valence-corrected chi connectivity index (χ2v) is 6.67. The fourth-order valence-electron chi connectivity index (χ4n) is 2.34. The molecule has 1 aliphatic heterocycles. The number of ether oxygens (including phenoxy) is 1. The Morgan fingerprint density at radius 2 is 1.88 bits per heavy atom. The SMILES string of the molecule is COc1ccc2cc(C(C)C(=O)O)ccc2c1.O=C(O)C1CSCN1. The molecule has 2 aromatic carbocycles. The van der Waals surface area contributed by atoms with Crippen molar-refractivity contribution in [3.63, 3.8) is 0 Å². The van der Waals surface area contributed by atoms with Crippen molar-refractivity contribution in [2.45, 2.75) is 18.9 Å². The topological polar surface area (TPSA) is 95.9 Å². The number of fused-ring (bicyclic) bond motifs is 1. The Bertz CT molecular complexity index is 758. The van der Waals surface area contributed by atoms with E-state index in [1.54, 1.807) is 25.8 Å². The van der Waals surface area contributed by atoms with Crippen molar-refractivity contribution in [3.05, 3.63) is 42.0 Å². The fourth-order valence-corrected chi connectivity index (χ4v) is 3.27. The molecule has 6 nitrogen and oxygen atoms in total. The second kappa shape index (κ2) is 8.73. The van der Waals surface area contributed by atoms with Gasteiger partial charge in [-0.15, -0.1) is 11.8 Å². The van der Waals surface area contributed by atoms with Crippen molar-refractivity contribution in [3.8, 4) is 5.75 Å². The van der Waals surface area contributed by atoms with Crippen LogP contribution in [0.15, 0.2) is 36.4 Å². The van der Waals surface area contributed by atoms with Gasteiger partial charge in [0.05, 0.1) is 13.0 Å². The Labute approximate surface area is 150 Å². The van der Waals surface area contributed by atoms with E-state index in [-0.39, 0.29) is 6.04 Å². The predicted molar refractivity (Wildman–Crippen MR) is 98.4 cm³/mol. The average molecular weight is 363 g/mol. The number of aliphatic carboxylic acids is 2. The molecule has 0 spiro atoms. The molecule has 0 aliphatic carbocycles. The summed E-state index contributed by atoms with van der Waals surface area (Å²) < 4.78 is 5.14. The Balaban J connectivity index is 0.000000236. The number of carboxylic acid groups (broad SMARTS) is 2. The number of rotatable bonds is 4. The minimum atomic E-state index is -0.808. The highest BCUT2D eigenvalue weighted by molar-refractivity contribution is 7.99. The Hall–Kier alpha value is -2.25. The molecule has 1 saturated heterocycles. The van der Waals surface area contributed by atoms with Crippen LogP contribution in [0.4, 0.5) is 0 Å². The van der Waals surface area contributed by atoms with E-state index in [1.807, 2.05) is 36.4 Å². The van der Waals surface area contributed by atoms with Gasteiger partial charge in [-0.25, -0.2) is 0 Å². The van der Waals surface area contributed by atoms with Gasteiger partial charge in [-0.3, -0.25) is 14.9 Å². The van der Waals surface area contributed by atoms with Gasteiger partial charge >= 0.3 is 11.9 Å². The minimum Gasteiger partial charge on any atom is -0.497 e. The lowest BCUT2D eigenvalue weighted by molar-refractivity contribution is -0.139. The van der Waals surface area contributed by atoms with Gasteiger partial charge in [-0.1, -0.05) is 24.3 Å². The zero-order chi connectivity index (χ0) is 18.4. The third-order valence-electron chi connectivity index (χ3n) is 3.96. The lowest BCUT2D eigenvalue weighted by Crippen LogP contribution is -2.32. The molecule has 2 aromatic rings. The maximum Gasteiger partial charge on any atom is 0.321 e. The molecule has 2 unspecified atom stereocenters. The molecule has 0 aromatic heterocycles. The number of carbonyl (C=O) groups is 2. The van der Waals surface area contributed by atoms with Crippen LogP contribution in [0.5, 0.6) is 5.75 Å². The van der Waals surface area contributed by atoms with Crippen molar-refractivity contribution in [2.24, 2.45) is 0 Å². The summed E-state index contributed by atoms with van der Waals surface area (Å²) in [5.41, 5.74) is 0.815. The molecule has 0 bridgehead atoms. The smallest absolute Gasteiger partial charge is 0.321 e. The molecule has 0 saturated carbocycles. The lowest BCUT2D eigenvalue weighted by Gasteiger charge is -2.08. The molecule has 0 radical (unpaired) electrons. The van der Waals surface area contributed by atoms with Crippen LogP contribution in [0.1, 0.15) is 18.4 Å². The maximum absolute atomic E-state index is 10.9. The molecule has 1 fully saturated rings. The maximum atomic E-state index is 10.9. The van der Waals surface area contributed by atoms with Crippen molar-refractivity contribution in [2.75, 3.05) is 18.7 Å². The molecule has 1 heterocycles. The summed E-state index contributed by atoms with van der Waals surface area (Å²) in [4.78, 5) is 21.0. The first-order valence-electron chi connectivity index (χ1n) is 7.77. The summed E-state index contributed by atoms with van der Waals surface area (Å²) in [7, 11) is 1.63. The number of benzene rings is 2. The summed E-state index contributed by atoms with van der Waals surface area (Å²) in [6.07, 6.45) is 0. The number of thioether (sulfide) groups is 1. The van der Waals surface area contributed by atoms with E-state index in [9.17, 15) is 9.59 Å². The van der Waals surface area contributed by atoms with Gasteiger partial charge in [0.2, 0.25) is 0 Å². The van der Waals surface area contributed by atoms with Crippen LogP contribution < -0.4 is 10.1 Å². The molecular formula is C18H21NO5S. The molecule has 134 valence electrons. The average Bonchev–Trinajstić information content (AvgIpc) is 3.15. The highest BCUT2D eigenvalue weighted by Gasteiger charge is 2.20. The summed E-state index contributed by atoms with van der Waals surface area (Å²) >= 11 is 1.62. The Kier molecular flexibility index (Phi) is 6.66. The first-order valence-corrected chi connectivity index (χ1v) is 8.92. The zero-order valence-electron chi connectivity index (χ0n) is 14.1. The number of hydrogen-bond donors (Lipinski definition) is 3. The summed E-state index contributed by atoms with van der Waals surface area (Å²) in [5.74, 6) is 0.248. The normalized spacial score (nSPS) is 17.4. The van der Waals surface area contributed by atoms with Crippen LogP contribution in [-0.4, -0.2) is 46.9 Å². The molecule has 3 rings (SSSR count). The monoisotopic (exact) mass is 363 g/mol. The van der Waals surface area contributed by atoms with E-state index in [4.69, 9.17) is 14.9 Å². The highest BCUT2D eigenvalue weighted by Crippen LogP contribution is 2.25. The summed E-state index contributed by atoms with van der Waals surface area (Å²) in [5, 5.41) is 22.2. The molecular weight excluding hydrogens is 342 g/mol. The molecule has 2 atom stereocenters. The van der Waals surface area contributed by atoms with Crippen molar-refractivity contribution in [1.82, 2.24) is 5.32 Å². The van der Waals surface area contributed by atoms with Gasteiger partial charge in [-0.2, -0.15) is 0 Å². The summed E-state index contributed by atoms with van der Waals surface area (Å²) in [6.45, 7) is 1.69. The van der Waals surface area contributed by atoms with Gasteiger partial charge in [0, 0.05) is 11.6 Å². The van der Waals surface area contributed by atoms with Crippen molar-refractivity contribution < 1.29 is 24.5 Å². The Morgan fingerprint density at radius 1 is 1.20 bits per heavy atom. The molecule has 25 heavy (non-hydrogen) atoms. The third kappa shape index (κ3) is 5.11. The lowest BCUT2D eigenvalue weighted by atomic mass is 9.98. The quantitative estimate of drug-likeness (QED) is 0.769. The van der Waals surface area contributed by atoms with Crippen LogP contribution in [-0.2, 0) is 9.59 Å². The Morgan fingerprint density at radius 3 is 2.40 bits per heavy atom. The highest BCUT2D eigenvalue weighted by atomic mass is 32.2. The second-order valence-electron chi connectivity index (χ2n) is 5.64. The number of methoxy groups -OCH3 is 1. The third-order valence-corrected chi connectivity index (χ3v) is 4.90. The minimum absolute atomic E-state index is 0.306. The van der Waals surface area contributed by atoms with E-state index >= 15 is 0 Å². The van der Waals surface area contributed by atoms with Crippen LogP contribution >= 0.6 is 11.8 Å². The van der Waals surface area contributed by atoms with E-state index in [2.05, 4.69) is 5.32 Å². The largest absolute Gasteiger partial charge is 0.497 e. The number of hydrogen-bond acceptors (Lipinski definition) is 5.